The SMILES string of the molecule is CCOC(=O)Nc1cc(N[C@@H](C)C(O)c2ccccc2)c([N+](=O)[O-])cn1. The number of hydrogen-bond donors (Lipinski definition) is 3. The van der Waals surface area contributed by atoms with Crippen LogP contribution in [0.1, 0.15) is 25.5 Å². The van der Waals surface area contributed by atoms with Crippen molar-refractivity contribution < 1.29 is 19.6 Å². The van der Waals surface area contributed by atoms with Gasteiger partial charge in [-0.1, -0.05) is 30.3 Å². The Hall–Kier alpha value is -3.20. The summed E-state index contributed by atoms with van der Waals surface area (Å²) in [7, 11) is 0. The van der Waals surface area contributed by atoms with Crippen molar-refractivity contribution in [2.45, 2.75) is 26.0 Å². The standard InChI is InChI=1S/C17H20N4O5/c1-3-26-17(23)20-15-9-13(14(10-18-15)21(24)25)19-11(2)16(22)12-7-5-4-6-8-12/h4-11,16,22H,3H2,1-2H3,(H2,18,19,20,23)/t11-,16?/m0/s1. The summed E-state index contributed by atoms with van der Waals surface area (Å²) in [5.41, 5.74) is 0.528. The van der Waals surface area contributed by atoms with E-state index < -0.39 is 23.2 Å². The molecular weight excluding hydrogens is 340 g/mol. The number of rotatable bonds is 7. The lowest BCUT2D eigenvalue weighted by Crippen LogP contribution is -2.24. The number of aromatic nitrogens is 1. The van der Waals surface area contributed by atoms with E-state index in [1.54, 1.807) is 38.1 Å². The van der Waals surface area contributed by atoms with E-state index in [-0.39, 0.29) is 23.8 Å². The fourth-order valence-corrected chi connectivity index (χ4v) is 2.31. The van der Waals surface area contributed by atoms with Gasteiger partial charge >= 0.3 is 11.8 Å². The fourth-order valence-electron chi connectivity index (χ4n) is 2.31. The molecule has 1 heterocycles. The van der Waals surface area contributed by atoms with E-state index in [9.17, 15) is 20.0 Å². The van der Waals surface area contributed by atoms with Gasteiger partial charge in [0.1, 0.15) is 17.7 Å². The Morgan fingerprint density at radius 2 is 2.08 bits per heavy atom. The second-order valence-corrected chi connectivity index (χ2v) is 5.48. The number of carbonyl (C=O) groups excluding carboxylic acids is 1. The highest BCUT2D eigenvalue weighted by Crippen LogP contribution is 2.29. The molecule has 0 aliphatic rings. The summed E-state index contributed by atoms with van der Waals surface area (Å²) >= 11 is 0. The highest BCUT2D eigenvalue weighted by molar-refractivity contribution is 5.84. The van der Waals surface area contributed by atoms with Crippen molar-refractivity contribution in [2.24, 2.45) is 0 Å². The van der Waals surface area contributed by atoms with Crippen LogP contribution < -0.4 is 10.6 Å². The normalized spacial score (nSPS) is 12.7. The van der Waals surface area contributed by atoms with Crippen molar-refractivity contribution in [3.05, 3.63) is 58.3 Å². The average molecular weight is 360 g/mol. The van der Waals surface area contributed by atoms with E-state index in [2.05, 4.69) is 15.6 Å². The number of benzene rings is 1. The number of ether oxygens (including phenoxy) is 1. The summed E-state index contributed by atoms with van der Waals surface area (Å²) in [6, 6.07) is 9.73. The number of carbonyl (C=O) groups is 1. The maximum Gasteiger partial charge on any atom is 0.412 e. The molecule has 2 rings (SSSR count). The molecule has 1 unspecified atom stereocenters. The lowest BCUT2D eigenvalue weighted by molar-refractivity contribution is -0.384. The lowest BCUT2D eigenvalue weighted by Gasteiger charge is -2.21. The van der Waals surface area contributed by atoms with E-state index in [4.69, 9.17) is 4.74 Å². The van der Waals surface area contributed by atoms with Crippen LogP contribution in [-0.2, 0) is 4.74 Å². The Balaban J connectivity index is 2.22. The largest absolute Gasteiger partial charge is 0.450 e. The van der Waals surface area contributed by atoms with E-state index in [1.807, 2.05) is 6.07 Å². The molecule has 0 fully saturated rings. The van der Waals surface area contributed by atoms with Crippen LogP contribution in [0.4, 0.5) is 22.0 Å². The zero-order valence-electron chi connectivity index (χ0n) is 14.4. The number of anilines is 2. The molecule has 0 saturated carbocycles. The van der Waals surface area contributed by atoms with Crippen molar-refractivity contribution in [3.8, 4) is 0 Å². The summed E-state index contributed by atoms with van der Waals surface area (Å²) in [5.74, 6) is 0.0953. The van der Waals surface area contributed by atoms with E-state index in [0.717, 1.165) is 6.20 Å². The third-order valence-corrected chi connectivity index (χ3v) is 3.58. The lowest BCUT2D eigenvalue weighted by atomic mass is 10.0. The Kier molecular flexibility index (Phi) is 6.45. The van der Waals surface area contributed by atoms with Gasteiger partial charge in [0, 0.05) is 6.07 Å². The Morgan fingerprint density at radius 3 is 2.69 bits per heavy atom. The summed E-state index contributed by atoms with van der Waals surface area (Å²) in [6.07, 6.45) is -0.562. The molecule has 1 aromatic heterocycles. The average Bonchev–Trinajstić information content (AvgIpc) is 2.62. The molecule has 2 atom stereocenters. The van der Waals surface area contributed by atoms with Gasteiger partial charge in [-0.25, -0.2) is 9.78 Å². The first-order valence-electron chi connectivity index (χ1n) is 8.00. The molecule has 9 nitrogen and oxygen atoms in total. The number of amides is 1. The molecule has 138 valence electrons. The monoisotopic (exact) mass is 360 g/mol. The Morgan fingerprint density at radius 1 is 1.38 bits per heavy atom. The smallest absolute Gasteiger partial charge is 0.412 e. The first-order chi connectivity index (χ1) is 12.4. The van der Waals surface area contributed by atoms with Gasteiger partial charge in [0.2, 0.25) is 0 Å². The second kappa shape index (κ2) is 8.77. The first kappa shape index (κ1) is 19.1. The predicted molar refractivity (Wildman–Crippen MR) is 96.0 cm³/mol. The number of hydrogen-bond acceptors (Lipinski definition) is 7. The van der Waals surface area contributed by atoms with Crippen LogP contribution in [0.15, 0.2) is 42.6 Å². The topological polar surface area (TPSA) is 127 Å². The number of aliphatic hydroxyl groups is 1. The van der Waals surface area contributed by atoms with Gasteiger partial charge in [-0.15, -0.1) is 0 Å². The number of nitrogens with one attached hydrogen (secondary N) is 2. The van der Waals surface area contributed by atoms with Gasteiger partial charge in [-0.2, -0.15) is 0 Å². The summed E-state index contributed by atoms with van der Waals surface area (Å²) in [5, 5.41) is 27.0. The van der Waals surface area contributed by atoms with Crippen molar-refractivity contribution >= 4 is 23.3 Å². The summed E-state index contributed by atoms with van der Waals surface area (Å²) in [4.78, 5) is 26.0. The quantitative estimate of drug-likeness (QED) is 0.511. The van der Waals surface area contributed by atoms with Gasteiger partial charge in [0.05, 0.1) is 23.7 Å². The molecule has 2 aromatic rings. The molecular formula is C17H20N4O5. The van der Waals surface area contributed by atoms with Crippen molar-refractivity contribution in [3.63, 3.8) is 0 Å². The zero-order chi connectivity index (χ0) is 19.1. The number of pyridine rings is 1. The van der Waals surface area contributed by atoms with E-state index in [0.29, 0.717) is 5.56 Å². The fraction of sp³-hybridized carbons (Fsp3) is 0.294. The van der Waals surface area contributed by atoms with Gasteiger partial charge in [0.25, 0.3) is 0 Å². The maximum absolute atomic E-state index is 11.5. The minimum Gasteiger partial charge on any atom is -0.450 e. The van der Waals surface area contributed by atoms with Crippen LogP contribution in [0.3, 0.4) is 0 Å². The Labute approximate surface area is 150 Å². The van der Waals surface area contributed by atoms with Crippen molar-refractivity contribution in [1.29, 1.82) is 0 Å². The summed E-state index contributed by atoms with van der Waals surface area (Å²) in [6.45, 7) is 3.53. The molecule has 0 bridgehead atoms. The van der Waals surface area contributed by atoms with Gasteiger partial charge < -0.3 is 15.2 Å². The molecule has 26 heavy (non-hydrogen) atoms. The molecule has 0 spiro atoms. The first-order valence-corrected chi connectivity index (χ1v) is 8.00. The highest BCUT2D eigenvalue weighted by atomic mass is 16.6. The molecule has 1 aromatic carbocycles. The van der Waals surface area contributed by atoms with Crippen molar-refractivity contribution in [2.75, 3.05) is 17.2 Å². The molecule has 3 N–H and O–H groups in total. The third kappa shape index (κ3) is 4.90. The van der Waals surface area contributed by atoms with E-state index in [1.165, 1.54) is 6.07 Å². The summed E-state index contributed by atoms with van der Waals surface area (Å²) < 4.78 is 4.76. The van der Waals surface area contributed by atoms with Crippen molar-refractivity contribution in [1.82, 2.24) is 4.98 Å². The Bertz CT molecular complexity index is 769. The minimum absolute atomic E-state index is 0.0953. The maximum atomic E-state index is 11.5. The second-order valence-electron chi connectivity index (χ2n) is 5.48. The number of aliphatic hydroxyl groups excluding tert-OH is 1. The van der Waals surface area contributed by atoms with Crippen LogP contribution in [0, 0.1) is 10.1 Å². The molecule has 1 amide bonds. The van der Waals surface area contributed by atoms with Crippen LogP contribution >= 0.6 is 0 Å². The number of nitrogens with zero attached hydrogens (tertiary/aromatic N) is 2. The van der Waals surface area contributed by atoms with E-state index >= 15 is 0 Å². The van der Waals surface area contributed by atoms with Gasteiger partial charge in [-0.3, -0.25) is 15.4 Å². The minimum atomic E-state index is -0.884. The van der Waals surface area contributed by atoms with Crippen LogP contribution in [0.25, 0.3) is 0 Å². The van der Waals surface area contributed by atoms with Gasteiger partial charge in [0.15, 0.2) is 0 Å². The molecule has 0 aliphatic heterocycles. The highest BCUT2D eigenvalue weighted by Gasteiger charge is 2.22. The van der Waals surface area contributed by atoms with Crippen LogP contribution in [-0.4, -0.2) is 33.8 Å². The number of nitro groups is 1. The third-order valence-electron chi connectivity index (χ3n) is 3.58. The molecule has 0 saturated heterocycles. The van der Waals surface area contributed by atoms with Crippen LogP contribution in [0.2, 0.25) is 0 Å². The molecule has 0 aliphatic carbocycles. The van der Waals surface area contributed by atoms with Gasteiger partial charge in [-0.05, 0) is 19.4 Å². The molecule has 0 radical (unpaired) electrons. The predicted octanol–water partition coefficient (Wildman–Crippen LogP) is 3.09. The van der Waals surface area contributed by atoms with Crippen LogP contribution in [0.5, 0.6) is 0 Å². The molecule has 9 heteroatoms. The zero-order valence-corrected chi connectivity index (χ0v) is 14.4.